The Balaban J connectivity index is 1.52. The van der Waals surface area contributed by atoms with E-state index in [2.05, 4.69) is 49.1 Å². The topological polar surface area (TPSA) is 70.6 Å². The van der Waals surface area contributed by atoms with E-state index in [-0.39, 0.29) is 5.91 Å². The molecule has 1 saturated heterocycles. The number of hydrogen-bond acceptors (Lipinski definition) is 4. The van der Waals surface area contributed by atoms with Crippen molar-refractivity contribution in [2.24, 2.45) is 11.1 Å². The summed E-state index contributed by atoms with van der Waals surface area (Å²) >= 11 is 0. The molecule has 0 radical (unpaired) electrons. The predicted molar refractivity (Wildman–Crippen MR) is 93.0 cm³/mol. The summed E-state index contributed by atoms with van der Waals surface area (Å²) in [6.45, 7) is 10.0. The third kappa shape index (κ3) is 3.47. The summed E-state index contributed by atoms with van der Waals surface area (Å²) in [4.78, 5) is 19.9. The van der Waals surface area contributed by atoms with Gasteiger partial charge in [-0.05, 0) is 30.7 Å². The highest BCUT2D eigenvalue weighted by molar-refractivity contribution is 5.93. The number of piperidine rings is 1. The predicted octanol–water partition coefficient (Wildman–Crippen LogP) is 3.04. The van der Waals surface area contributed by atoms with Gasteiger partial charge in [0.1, 0.15) is 0 Å². The van der Waals surface area contributed by atoms with Gasteiger partial charge in [0.05, 0.1) is 11.4 Å². The van der Waals surface area contributed by atoms with Gasteiger partial charge in [0, 0.05) is 31.1 Å². The fraction of sp³-hybridized carbons (Fsp3) is 0.722. The molecule has 132 valence electrons. The second kappa shape index (κ2) is 6.95. The van der Waals surface area contributed by atoms with Crippen LogP contribution in [0.3, 0.4) is 0 Å². The SMILES string of the molecule is CC(C)C1=NOC(C(=O)N2CCC(c3cc(C(C)C)n[nH]3)CC2)C1. The fourth-order valence-electron chi connectivity index (χ4n) is 3.34. The van der Waals surface area contributed by atoms with Gasteiger partial charge < -0.3 is 9.74 Å². The molecule has 1 unspecified atom stereocenters. The maximum absolute atomic E-state index is 12.6. The normalized spacial score (nSPS) is 22.2. The Bertz CT molecular complexity index is 612. The molecule has 2 aliphatic heterocycles. The van der Waals surface area contributed by atoms with Gasteiger partial charge in [-0.3, -0.25) is 9.89 Å². The van der Waals surface area contributed by atoms with E-state index in [1.807, 2.05) is 4.90 Å². The Hall–Kier alpha value is -1.85. The highest BCUT2D eigenvalue weighted by Gasteiger charge is 2.34. The van der Waals surface area contributed by atoms with Crippen LogP contribution in [0.2, 0.25) is 0 Å². The number of nitrogens with zero attached hydrogens (tertiary/aromatic N) is 3. The van der Waals surface area contributed by atoms with Crippen LogP contribution in [0, 0.1) is 5.92 Å². The Morgan fingerprint density at radius 1 is 1.25 bits per heavy atom. The van der Waals surface area contributed by atoms with Crippen LogP contribution in [-0.4, -0.2) is 45.9 Å². The molecule has 1 fully saturated rings. The Labute approximate surface area is 143 Å². The number of aromatic amines is 1. The first-order valence-electron chi connectivity index (χ1n) is 9.02. The minimum atomic E-state index is -0.418. The van der Waals surface area contributed by atoms with Crippen molar-refractivity contribution < 1.29 is 9.63 Å². The van der Waals surface area contributed by atoms with Crippen molar-refractivity contribution in [3.05, 3.63) is 17.5 Å². The first-order chi connectivity index (χ1) is 11.5. The number of likely N-dealkylation sites (tertiary alicyclic amines) is 1. The molecule has 0 aromatic carbocycles. The van der Waals surface area contributed by atoms with Gasteiger partial charge in [-0.2, -0.15) is 5.10 Å². The van der Waals surface area contributed by atoms with Crippen molar-refractivity contribution in [3.63, 3.8) is 0 Å². The van der Waals surface area contributed by atoms with E-state index < -0.39 is 6.10 Å². The lowest BCUT2D eigenvalue weighted by atomic mass is 9.92. The number of oxime groups is 1. The number of rotatable bonds is 4. The van der Waals surface area contributed by atoms with Crippen LogP contribution in [-0.2, 0) is 9.63 Å². The molecule has 3 rings (SSSR count). The van der Waals surface area contributed by atoms with E-state index in [0.29, 0.717) is 24.2 Å². The number of carbonyl (C=O) groups is 1. The van der Waals surface area contributed by atoms with Gasteiger partial charge in [0.2, 0.25) is 6.10 Å². The summed E-state index contributed by atoms with van der Waals surface area (Å²) in [5.41, 5.74) is 3.30. The molecule has 1 aromatic heterocycles. The zero-order chi connectivity index (χ0) is 17.3. The van der Waals surface area contributed by atoms with Gasteiger partial charge in [-0.25, -0.2) is 0 Å². The zero-order valence-corrected chi connectivity index (χ0v) is 15.1. The van der Waals surface area contributed by atoms with Crippen molar-refractivity contribution in [2.45, 2.75) is 64.9 Å². The van der Waals surface area contributed by atoms with E-state index in [9.17, 15) is 4.79 Å². The van der Waals surface area contributed by atoms with E-state index in [0.717, 1.165) is 37.3 Å². The zero-order valence-electron chi connectivity index (χ0n) is 15.1. The highest BCUT2D eigenvalue weighted by atomic mass is 16.6. The monoisotopic (exact) mass is 332 g/mol. The molecule has 0 bridgehead atoms. The number of amides is 1. The summed E-state index contributed by atoms with van der Waals surface area (Å²) in [5.74, 6) is 1.32. The molecule has 6 heteroatoms. The van der Waals surface area contributed by atoms with Gasteiger partial charge in [0.25, 0.3) is 5.91 Å². The molecular weight excluding hydrogens is 304 g/mol. The van der Waals surface area contributed by atoms with Crippen LogP contribution in [0.5, 0.6) is 0 Å². The molecule has 1 atom stereocenters. The van der Waals surface area contributed by atoms with Crippen LogP contribution in [0.4, 0.5) is 0 Å². The van der Waals surface area contributed by atoms with Crippen LogP contribution < -0.4 is 0 Å². The number of aromatic nitrogens is 2. The average Bonchev–Trinajstić information content (AvgIpc) is 3.24. The lowest BCUT2D eigenvalue weighted by Crippen LogP contribution is -2.43. The third-order valence-corrected chi connectivity index (χ3v) is 5.09. The van der Waals surface area contributed by atoms with E-state index in [1.165, 1.54) is 5.69 Å². The Kier molecular flexibility index (Phi) is 4.92. The van der Waals surface area contributed by atoms with Crippen LogP contribution >= 0.6 is 0 Å². The van der Waals surface area contributed by atoms with Crippen molar-refractivity contribution in [2.75, 3.05) is 13.1 Å². The summed E-state index contributed by atoms with van der Waals surface area (Å²) in [7, 11) is 0. The largest absolute Gasteiger partial charge is 0.382 e. The molecule has 24 heavy (non-hydrogen) atoms. The lowest BCUT2D eigenvalue weighted by molar-refractivity contribution is -0.143. The van der Waals surface area contributed by atoms with Crippen LogP contribution in [0.15, 0.2) is 11.2 Å². The smallest absolute Gasteiger partial charge is 0.266 e. The minimum Gasteiger partial charge on any atom is -0.382 e. The van der Waals surface area contributed by atoms with Crippen LogP contribution in [0.25, 0.3) is 0 Å². The number of hydrogen-bond donors (Lipinski definition) is 1. The molecule has 3 heterocycles. The first kappa shape index (κ1) is 17.0. The van der Waals surface area contributed by atoms with E-state index >= 15 is 0 Å². The average molecular weight is 332 g/mol. The van der Waals surface area contributed by atoms with Crippen molar-refractivity contribution in [3.8, 4) is 0 Å². The summed E-state index contributed by atoms with van der Waals surface area (Å²) < 4.78 is 0. The van der Waals surface area contributed by atoms with E-state index in [4.69, 9.17) is 4.84 Å². The summed E-state index contributed by atoms with van der Waals surface area (Å²) in [6.07, 6.45) is 2.15. The molecule has 0 aliphatic carbocycles. The summed E-state index contributed by atoms with van der Waals surface area (Å²) in [5, 5.41) is 11.6. The molecule has 2 aliphatic rings. The maximum Gasteiger partial charge on any atom is 0.266 e. The molecule has 0 spiro atoms. The molecular formula is C18H28N4O2. The third-order valence-electron chi connectivity index (χ3n) is 5.09. The molecule has 6 nitrogen and oxygen atoms in total. The Morgan fingerprint density at radius 2 is 1.96 bits per heavy atom. The molecule has 1 N–H and O–H groups in total. The number of carbonyl (C=O) groups excluding carboxylic acids is 1. The standard InChI is InChI=1S/C18H28N4O2/c1-11(2)14-9-16(20-19-14)13-5-7-22(8-6-13)18(23)17-10-15(12(3)4)21-24-17/h9,11-13,17H,5-8,10H2,1-4H3,(H,19,20). The molecule has 0 saturated carbocycles. The van der Waals surface area contributed by atoms with Crippen LogP contribution in [0.1, 0.15) is 70.2 Å². The van der Waals surface area contributed by atoms with E-state index in [1.54, 1.807) is 0 Å². The van der Waals surface area contributed by atoms with Gasteiger partial charge in [0.15, 0.2) is 0 Å². The number of nitrogens with one attached hydrogen (secondary N) is 1. The molecule has 1 aromatic rings. The van der Waals surface area contributed by atoms with Gasteiger partial charge >= 0.3 is 0 Å². The molecule has 1 amide bonds. The van der Waals surface area contributed by atoms with Crippen molar-refractivity contribution >= 4 is 11.6 Å². The fourth-order valence-corrected chi connectivity index (χ4v) is 3.34. The van der Waals surface area contributed by atoms with Crippen molar-refractivity contribution in [1.82, 2.24) is 15.1 Å². The quantitative estimate of drug-likeness (QED) is 0.921. The van der Waals surface area contributed by atoms with Gasteiger partial charge in [-0.1, -0.05) is 32.9 Å². The highest BCUT2D eigenvalue weighted by Crippen LogP contribution is 2.29. The minimum absolute atomic E-state index is 0.0836. The Morgan fingerprint density at radius 3 is 2.50 bits per heavy atom. The maximum atomic E-state index is 12.6. The second-order valence-corrected chi connectivity index (χ2v) is 7.54. The number of H-pyrrole nitrogens is 1. The van der Waals surface area contributed by atoms with Crippen molar-refractivity contribution in [1.29, 1.82) is 0 Å². The van der Waals surface area contributed by atoms with Gasteiger partial charge in [-0.15, -0.1) is 0 Å². The lowest BCUT2D eigenvalue weighted by Gasteiger charge is -2.32. The first-order valence-corrected chi connectivity index (χ1v) is 9.02. The second-order valence-electron chi connectivity index (χ2n) is 7.54. The summed E-state index contributed by atoms with van der Waals surface area (Å²) in [6, 6.07) is 2.18.